The van der Waals surface area contributed by atoms with Gasteiger partial charge in [0.15, 0.2) is 23.3 Å². The number of aromatic nitrogens is 8. The van der Waals surface area contributed by atoms with E-state index in [1.54, 1.807) is 23.5 Å². The molecule has 6 aromatic heterocycles. The molecular formula is C49H56N14O3. The number of fused-ring (bicyclic) bond motifs is 2. The number of urea groups is 1. The van der Waals surface area contributed by atoms with Crippen molar-refractivity contribution in [3.8, 4) is 22.8 Å². The molecule has 2 amide bonds. The summed E-state index contributed by atoms with van der Waals surface area (Å²) in [5.41, 5.74) is 12.8. The third-order valence-corrected chi connectivity index (χ3v) is 10.7. The van der Waals surface area contributed by atoms with Crippen molar-refractivity contribution < 1.29 is 14.3 Å². The molecule has 2 saturated heterocycles. The van der Waals surface area contributed by atoms with Crippen LogP contribution >= 0.6 is 0 Å². The van der Waals surface area contributed by atoms with Crippen LogP contribution in [0.2, 0.25) is 0 Å². The van der Waals surface area contributed by atoms with E-state index in [0.717, 1.165) is 90.3 Å². The highest BCUT2D eigenvalue weighted by molar-refractivity contribution is 6.02. The van der Waals surface area contributed by atoms with Gasteiger partial charge in [-0.2, -0.15) is 0 Å². The van der Waals surface area contributed by atoms with Crippen LogP contribution in [-0.4, -0.2) is 110 Å². The molecule has 0 bridgehead atoms. The SMILES string of the molecule is CC(C)N(C(=O)Nc1ccc(-c2nc(N3CCOCC3)c3cccn3n2)cc1)c1cccnc1.CC(C)Nc1cccnc1.Nc1ccc(-c2nc(N3CCOCC3)c3cccn3n2)cc1. The number of amides is 2. The Morgan fingerprint density at radius 1 is 0.636 bits per heavy atom. The largest absolute Gasteiger partial charge is 0.399 e. The highest BCUT2D eigenvalue weighted by Gasteiger charge is 2.22. The van der Waals surface area contributed by atoms with E-state index in [2.05, 4.69) is 54.4 Å². The minimum Gasteiger partial charge on any atom is -0.399 e. The van der Waals surface area contributed by atoms with Crippen LogP contribution in [0.25, 0.3) is 33.8 Å². The highest BCUT2D eigenvalue weighted by Crippen LogP contribution is 2.27. The summed E-state index contributed by atoms with van der Waals surface area (Å²) in [5, 5.41) is 15.5. The Hall–Kier alpha value is -7.63. The summed E-state index contributed by atoms with van der Waals surface area (Å²) in [7, 11) is 0. The molecule has 10 rings (SSSR count). The number of anilines is 6. The van der Waals surface area contributed by atoms with Crippen molar-refractivity contribution in [3.63, 3.8) is 0 Å². The number of benzene rings is 2. The molecule has 0 spiro atoms. The molecule has 0 aliphatic carbocycles. The molecule has 2 aliphatic rings. The lowest BCUT2D eigenvalue weighted by atomic mass is 10.2. The van der Waals surface area contributed by atoms with Crippen molar-refractivity contribution in [1.29, 1.82) is 0 Å². The molecule has 4 N–H and O–H groups in total. The number of carbonyl (C=O) groups excluding carboxylic acids is 1. The third-order valence-electron chi connectivity index (χ3n) is 10.7. The first-order valence-electron chi connectivity index (χ1n) is 22.2. The summed E-state index contributed by atoms with van der Waals surface area (Å²) in [4.78, 5) is 36.9. The molecular weight excluding hydrogens is 833 g/mol. The van der Waals surface area contributed by atoms with Crippen molar-refractivity contribution in [3.05, 3.63) is 134 Å². The zero-order valence-corrected chi connectivity index (χ0v) is 37.7. The number of nitrogen functional groups attached to an aromatic ring is 1. The molecule has 17 heteroatoms. The van der Waals surface area contributed by atoms with E-state index in [1.807, 2.05) is 139 Å². The van der Waals surface area contributed by atoms with Crippen molar-refractivity contribution in [2.75, 3.05) is 83.7 Å². The lowest BCUT2D eigenvalue weighted by molar-refractivity contribution is 0.122. The Morgan fingerprint density at radius 3 is 1.62 bits per heavy atom. The number of morpholine rings is 2. The minimum atomic E-state index is -0.213. The number of ether oxygens (including phenoxy) is 2. The number of carbonyl (C=O) groups is 1. The van der Waals surface area contributed by atoms with Gasteiger partial charge in [0.25, 0.3) is 0 Å². The van der Waals surface area contributed by atoms with Gasteiger partial charge in [-0.05, 0) is 125 Å². The van der Waals surface area contributed by atoms with Crippen LogP contribution in [0.15, 0.2) is 134 Å². The van der Waals surface area contributed by atoms with Gasteiger partial charge in [-0.1, -0.05) is 0 Å². The molecule has 17 nitrogen and oxygen atoms in total. The smallest absolute Gasteiger partial charge is 0.326 e. The second-order valence-corrected chi connectivity index (χ2v) is 16.2. The molecule has 8 heterocycles. The maximum absolute atomic E-state index is 13.0. The average Bonchev–Trinajstić information content (AvgIpc) is 4.03. The fourth-order valence-corrected chi connectivity index (χ4v) is 7.54. The molecule has 0 unspecified atom stereocenters. The van der Waals surface area contributed by atoms with Crippen LogP contribution < -0.4 is 31.1 Å². The van der Waals surface area contributed by atoms with Crippen LogP contribution in [-0.2, 0) is 9.47 Å². The number of nitrogens with zero attached hydrogens (tertiary/aromatic N) is 11. The van der Waals surface area contributed by atoms with E-state index in [4.69, 9.17) is 25.2 Å². The van der Waals surface area contributed by atoms with Gasteiger partial charge in [0.1, 0.15) is 11.0 Å². The predicted octanol–water partition coefficient (Wildman–Crippen LogP) is 7.79. The van der Waals surface area contributed by atoms with Crippen molar-refractivity contribution in [1.82, 2.24) is 39.2 Å². The van der Waals surface area contributed by atoms with E-state index < -0.39 is 0 Å². The molecule has 0 radical (unpaired) electrons. The van der Waals surface area contributed by atoms with Crippen molar-refractivity contribution >= 4 is 51.4 Å². The molecule has 0 atom stereocenters. The van der Waals surface area contributed by atoms with Crippen molar-refractivity contribution in [2.24, 2.45) is 0 Å². The topological polar surface area (TPSA) is 181 Å². The van der Waals surface area contributed by atoms with Gasteiger partial charge in [0.2, 0.25) is 0 Å². The Morgan fingerprint density at radius 2 is 1.15 bits per heavy atom. The number of nitrogens with one attached hydrogen (secondary N) is 2. The fourth-order valence-electron chi connectivity index (χ4n) is 7.54. The Bertz CT molecular complexity index is 2770. The second-order valence-electron chi connectivity index (χ2n) is 16.2. The van der Waals surface area contributed by atoms with Gasteiger partial charge in [-0.3, -0.25) is 14.9 Å². The van der Waals surface area contributed by atoms with E-state index in [0.29, 0.717) is 36.6 Å². The van der Waals surface area contributed by atoms with Crippen LogP contribution in [0.3, 0.4) is 0 Å². The van der Waals surface area contributed by atoms with Crippen LogP contribution in [0, 0.1) is 0 Å². The van der Waals surface area contributed by atoms with Crippen LogP contribution in [0.1, 0.15) is 27.7 Å². The first-order chi connectivity index (χ1) is 32.2. The van der Waals surface area contributed by atoms with Gasteiger partial charge in [0, 0.05) is 91.7 Å². The van der Waals surface area contributed by atoms with Crippen molar-refractivity contribution in [2.45, 2.75) is 39.8 Å². The summed E-state index contributed by atoms with van der Waals surface area (Å²) in [5.74, 6) is 3.18. The molecule has 2 fully saturated rings. The van der Waals surface area contributed by atoms with Gasteiger partial charge >= 0.3 is 6.03 Å². The zero-order valence-electron chi connectivity index (χ0n) is 37.7. The van der Waals surface area contributed by atoms with E-state index >= 15 is 0 Å². The standard InChI is InChI=1S/C25H27N7O2.C16H17N5O.C8H12N2/c1-18(2)32(21-5-3-11-26-17-21)25(33)27-20-9-7-19(8-10-20)23-28-24(30-13-15-34-16-14-30)22-6-4-12-31(22)29-23;17-13-5-3-12(4-6-13)15-18-16(20-8-10-22-11-9-20)14-2-1-7-21(14)19-15;1-7(2)10-8-4-3-5-9-6-8/h3-12,17-18H,13-16H2,1-2H3,(H,27,33);1-7H,8-11,17H2;3-7,10H,1-2H3. The summed E-state index contributed by atoms with van der Waals surface area (Å²) in [6, 6.07) is 31.1. The third kappa shape index (κ3) is 11.2. The monoisotopic (exact) mass is 888 g/mol. The van der Waals surface area contributed by atoms with Gasteiger partial charge in [-0.15, -0.1) is 10.2 Å². The molecule has 0 saturated carbocycles. The molecule has 2 aromatic carbocycles. The van der Waals surface area contributed by atoms with E-state index in [9.17, 15) is 4.79 Å². The predicted molar refractivity (Wildman–Crippen MR) is 261 cm³/mol. The minimum absolute atomic E-state index is 0.0243. The summed E-state index contributed by atoms with van der Waals surface area (Å²) in [6.07, 6.45) is 10.8. The molecule has 66 heavy (non-hydrogen) atoms. The summed E-state index contributed by atoms with van der Waals surface area (Å²) in [6.45, 7) is 14.3. The maximum atomic E-state index is 13.0. The lowest BCUT2D eigenvalue weighted by Crippen LogP contribution is -2.40. The van der Waals surface area contributed by atoms with Gasteiger partial charge in [0.05, 0.1) is 44.0 Å². The Kier molecular flexibility index (Phi) is 14.6. The van der Waals surface area contributed by atoms with Gasteiger partial charge in [-0.25, -0.2) is 23.8 Å². The number of hydrogen-bond acceptors (Lipinski definition) is 13. The van der Waals surface area contributed by atoms with Crippen LogP contribution in [0.4, 0.5) is 39.2 Å². The average molecular weight is 889 g/mol. The lowest BCUT2D eigenvalue weighted by Gasteiger charge is -2.28. The normalized spacial score (nSPS) is 13.8. The fraction of sp³-hybridized carbons (Fsp3) is 0.286. The number of rotatable bonds is 9. The van der Waals surface area contributed by atoms with Crippen LogP contribution in [0.5, 0.6) is 0 Å². The number of hydrogen-bond donors (Lipinski definition) is 3. The molecule has 8 aromatic rings. The Balaban J connectivity index is 0.000000157. The quantitative estimate of drug-likeness (QED) is 0.120. The van der Waals surface area contributed by atoms with E-state index in [1.165, 1.54) is 0 Å². The number of pyridine rings is 2. The molecule has 2 aliphatic heterocycles. The first-order valence-corrected chi connectivity index (χ1v) is 22.2. The first kappa shape index (κ1) is 45.0. The number of nitrogens with two attached hydrogens (primary N) is 1. The maximum Gasteiger partial charge on any atom is 0.326 e. The van der Waals surface area contributed by atoms with Gasteiger partial charge < -0.3 is 35.6 Å². The highest BCUT2D eigenvalue weighted by atomic mass is 16.5. The summed E-state index contributed by atoms with van der Waals surface area (Å²) < 4.78 is 14.7. The van der Waals surface area contributed by atoms with E-state index in [-0.39, 0.29) is 12.1 Å². The Labute approximate surface area is 384 Å². The zero-order chi connectivity index (χ0) is 45.8. The second kappa shape index (κ2) is 21.4. The molecule has 340 valence electrons. The summed E-state index contributed by atoms with van der Waals surface area (Å²) >= 11 is 0.